The second kappa shape index (κ2) is 13.2. The topological polar surface area (TPSA) is 63.6 Å². The highest BCUT2D eigenvalue weighted by Crippen LogP contribution is 2.67. The molecule has 0 spiro atoms. The van der Waals surface area contributed by atoms with Crippen LogP contribution in [0.15, 0.2) is 0 Å². The third-order valence-corrected chi connectivity index (χ3v) is 11.4. The molecule has 4 saturated carbocycles. The van der Waals surface area contributed by atoms with Gasteiger partial charge in [-0.1, -0.05) is 48.5 Å². The molecule has 4 aliphatic carbocycles. The molecule has 0 amide bonds. The molecule has 6 heteroatoms. The number of hydrogen-bond acceptors (Lipinski definition) is 3. The molecule has 10 atom stereocenters. The van der Waals surface area contributed by atoms with Gasteiger partial charge in [-0.15, -0.1) is 0 Å². The van der Waals surface area contributed by atoms with Gasteiger partial charge in [0, 0.05) is 18.8 Å². The summed E-state index contributed by atoms with van der Waals surface area (Å²) in [7, 11) is 0. The second-order valence-corrected chi connectivity index (χ2v) is 13.1. The Hall–Kier alpha value is 0.260. The van der Waals surface area contributed by atoms with E-state index in [0.717, 1.165) is 32.1 Å². The zero-order chi connectivity index (χ0) is 25.7. The van der Waals surface area contributed by atoms with Gasteiger partial charge in [0.2, 0.25) is 0 Å². The summed E-state index contributed by atoms with van der Waals surface area (Å²) in [5, 5.41) is 9.13. The Morgan fingerprint density at radius 1 is 1.09 bits per heavy atom. The lowest BCUT2D eigenvalue weighted by Gasteiger charge is -2.60. The van der Waals surface area contributed by atoms with Crippen LogP contribution in [0, 0.1) is 46.3 Å². The molecule has 0 aromatic heterocycles. The summed E-state index contributed by atoms with van der Waals surface area (Å²) in [6, 6.07) is 0. The predicted molar refractivity (Wildman–Crippen MR) is 152 cm³/mol. The van der Waals surface area contributed by atoms with Gasteiger partial charge in [0.15, 0.2) is 0 Å². The van der Waals surface area contributed by atoms with Crippen LogP contribution in [0.3, 0.4) is 0 Å². The van der Waals surface area contributed by atoms with E-state index in [1.807, 2.05) is 27.7 Å². The van der Waals surface area contributed by atoms with E-state index in [9.17, 15) is 9.59 Å². The van der Waals surface area contributed by atoms with Crippen molar-refractivity contribution in [2.24, 2.45) is 46.3 Å². The molecule has 34 heavy (non-hydrogen) atoms. The van der Waals surface area contributed by atoms with Gasteiger partial charge in [-0.05, 0) is 114 Å². The number of hydrogen-bond donors (Lipinski definition) is 1. The van der Waals surface area contributed by atoms with Crippen molar-refractivity contribution in [1.82, 2.24) is 0 Å². The number of aliphatic carboxylic acids is 1. The van der Waals surface area contributed by atoms with Gasteiger partial charge in [0.1, 0.15) is 5.78 Å². The summed E-state index contributed by atoms with van der Waals surface area (Å²) in [6.45, 7) is 15.7. The number of halogens is 1. The Morgan fingerprint density at radius 2 is 1.71 bits per heavy atom. The average molecular weight is 609 g/mol. The lowest BCUT2D eigenvalue weighted by atomic mass is 9.44. The standard InChI is InChI=1S/C24H38IO4P.2C2H6/c1-14(4-7-21(27)28)17-5-6-18-22-19(9-11-24(17,18)3)23(2)10-8-16(29-30-25)12-15(23)13-20(22)26;2*1-2/h14-19,22,30H,4-13H2,1-3H3,(H,27,28);2*1-2H3/t14-,15?,16-,17?,18?,19?,22?,23?,24?;;/m1../s1. The van der Waals surface area contributed by atoms with Crippen molar-refractivity contribution in [3.8, 4) is 0 Å². The second-order valence-electron chi connectivity index (χ2n) is 11.3. The van der Waals surface area contributed by atoms with E-state index in [1.54, 1.807) is 0 Å². The molecule has 198 valence electrons. The van der Waals surface area contributed by atoms with E-state index < -0.39 is 5.97 Å². The molecule has 0 radical (unpaired) electrons. The zero-order valence-electron chi connectivity index (χ0n) is 22.7. The van der Waals surface area contributed by atoms with E-state index in [2.05, 4.69) is 42.8 Å². The van der Waals surface area contributed by atoms with Gasteiger partial charge in [0.25, 0.3) is 0 Å². The maximum atomic E-state index is 13.5. The Balaban J connectivity index is 0.000000970. The first kappa shape index (κ1) is 30.5. The number of ketones is 1. The zero-order valence-corrected chi connectivity index (χ0v) is 25.8. The van der Waals surface area contributed by atoms with Gasteiger partial charge in [-0.25, -0.2) is 0 Å². The fraction of sp³-hybridized carbons (Fsp3) is 0.929. The van der Waals surface area contributed by atoms with Crippen LogP contribution in [0.2, 0.25) is 0 Å². The number of fused-ring (bicyclic) bond motifs is 5. The predicted octanol–water partition coefficient (Wildman–Crippen LogP) is 8.71. The SMILES string of the molecule is CC.CC.C[C@H](CCC(=O)O)C1CCC2C3C(=O)CC4C[C@H](OPI)CCC4(C)C3CCC21C. The van der Waals surface area contributed by atoms with E-state index in [4.69, 9.17) is 9.63 Å². The maximum Gasteiger partial charge on any atom is 0.303 e. The Morgan fingerprint density at radius 3 is 2.32 bits per heavy atom. The fourth-order valence-electron chi connectivity index (χ4n) is 8.59. The normalized spacial score (nSPS) is 41.8. The van der Waals surface area contributed by atoms with Crippen LogP contribution < -0.4 is 0 Å². The molecular weight excluding hydrogens is 558 g/mol. The molecule has 4 aliphatic rings. The molecule has 0 bridgehead atoms. The van der Waals surface area contributed by atoms with Gasteiger partial charge >= 0.3 is 5.97 Å². The molecule has 4 fully saturated rings. The molecule has 1 N–H and O–H groups in total. The van der Waals surface area contributed by atoms with Crippen LogP contribution in [0.1, 0.15) is 113 Å². The summed E-state index contributed by atoms with van der Waals surface area (Å²) < 4.78 is 5.97. The summed E-state index contributed by atoms with van der Waals surface area (Å²) in [6.07, 6.45) is 10.3. The lowest BCUT2D eigenvalue weighted by Crippen LogP contribution is -2.57. The van der Waals surface area contributed by atoms with Gasteiger partial charge in [-0.3, -0.25) is 9.59 Å². The van der Waals surface area contributed by atoms with Crippen molar-refractivity contribution in [2.75, 3.05) is 0 Å². The highest BCUT2D eigenvalue weighted by atomic mass is 127. The molecule has 0 aromatic rings. The van der Waals surface area contributed by atoms with Crippen molar-refractivity contribution in [3.05, 3.63) is 0 Å². The van der Waals surface area contributed by atoms with Crippen LogP contribution in [0.4, 0.5) is 0 Å². The molecule has 8 unspecified atom stereocenters. The molecule has 0 heterocycles. The van der Waals surface area contributed by atoms with Crippen molar-refractivity contribution in [3.63, 3.8) is 0 Å². The Labute approximate surface area is 223 Å². The average Bonchev–Trinajstić information content (AvgIpc) is 3.18. The van der Waals surface area contributed by atoms with Crippen LogP contribution in [0.25, 0.3) is 0 Å². The number of carboxylic acid groups (broad SMARTS) is 1. The minimum atomic E-state index is -0.686. The first-order valence-electron chi connectivity index (χ1n) is 14.0. The van der Waals surface area contributed by atoms with E-state index >= 15 is 0 Å². The monoisotopic (exact) mass is 608 g/mol. The highest BCUT2D eigenvalue weighted by Gasteiger charge is 2.63. The molecule has 4 nitrogen and oxygen atoms in total. The summed E-state index contributed by atoms with van der Waals surface area (Å²) >= 11 is 2.32. The van der Waals surface area contributed by atoms with Crippen LogP contribution >= 0.6 is 28.5 Å². The van der Waals surface area contributed by atoms with Gasteiger partial charge in [0.05, 0.1) is 12.6 Å². The van der Waals surface area contributed by atoms with E-state index in [0.29, 0.717) is 53.3 Å². The number of Topliss-reactive ketones (excluding diaryl/α,β-unsaturated/α-hetero) is 1. The highest BCUT2D eigenvalue weighted by molar-refractivity contribution is 14.2. The summed E-state index contributed by atoms with van der Waals surface area (Å²) in [5.41, 5.74) is 0.502. The van der Waals surface area contributed by atoms with Crippen molar-refractivity contribution < 1.29 is 19.2 Å². The quantitative estimate of drug-likeness (QED) is 0.242. The summed E-state index contributed by atoms with van der Waals surface area (Å²) in [5.74, 6) is 2.62. The minimum Gasteiger partial charge on any atom is -0.481 e. The maximum absolute atomic E-state index is 13.5. The Bertz CT molecular complexity index is 687. The van der Waals surface area contributed by atoms with Crippen molar-refractivity contribution >= 4 is 40.2 Å². The van der Waals surface area contributed by atoms with Crippen LogP contribution in [0.5, 0.6) is 0 Å². The van der Waals surface area contributed by atoms with Crippen LogP contribution in [-0.2, 0) is 14.1 Å². The fourth-order valence-corrected chi connectivity index (χ4v) is 10.0. The Kier molecular flexibility index (Phi) is 11.8. The molecule has 0 saturated heterocycles. The van der Waals surface area contributed by atoms with E-state index in [1.165, 1.54) is 25.7 Å². The summed E-state index contributed by atoms with van der Waals surface area (Å²) in [4.78, 5) is 24.6. The van der Waals surface area contributed by atoms with Crippen molar-refractivity contribution in [1.29, 1.82) is 0 Å². The number of carbonyl (C=O) groups excluding carboxylic acids is 1. The minimum absolute atomic E-state index is 0.209. The lowest BCUT2D eigenvalue weighted by molar-refractivity contribution is -0.159. The molecule has 0 aliphatic heterocycles. The third-order valence-electron chi connectivity index (χ3n) is 10.2. The smallest absolute Gasteiger partial charge is 0.303 e. The largest absolute Gasteiger partial charge is 0.481 e. The molecule has 4 rings (SSSR count). The third kappa shape index (κ3) is 5.87. The van der Waals surface area contributed by atoms with E-state index in [-0.39, 0.29) is 17.8 Å². The number of carboxylic acids is 1. The number of carbonyl (C=O) groups is 2. The first-order valence-corrected chi connectivity index (χ1v) is 18.0. The molecular formula is C28H50IO4P. The van der Waals surface area contributed by atoms with Gasteiger partial charge < -0.3 is 9.63 Å². The number of rotatable bonds is 6. The van der Waals surface area contributed by atoms with Crippen LogP contribution in [-0.4, -0.2) is 23.0 Å². The van der Waals surface area contributed by atoms with Crippen molar-refractivity contribution in [2.45, 2.75) is 119 Å². The van der Waals surface area contributed by atoms with Gasteiger partial charge in [-0.2, -0.15) is 0 Å². The first-order chi connectivity index (χ1) is 16.2. The molecule has 0 aromatic carbocycles.